The molecule has 0 aliphatic heterocycles. The lowest BCUT2D eigenvalue weighted by molar-refractivity contribution is 0.405. The molecule has 0 saturated carbocycles. The monoisotopic (exact) mass is 359 g/mol. The van der Waals surface area contributed by atoms with Crippen LogP contribution < -0.4 is 10.1 Å². The third-order valence-corrected chi connectivity index (χ3v) is 5.39. The van der Waals surface area contributed by atoms with Crippen molar-refractivity contribution in [1.82, 2.24) is 5.32 Å². The summed E-state index contributed by atoms with van der Waals surface area (Å²) < 4.78 is 6.57. The van der Waals surface area contributed by atoms with E-state index in [1.165, 1.54) is 9.75 Å². The number of thiophene rings is 1. The van der Waals surface area contributed by atoms with Crippen molar-refractivity contribution in [1.29, 1.82) is 0 Å². The second-order valence-corrected chi connectivity index (χ2v) is 6.74. The largest absolute Gasteiger partial charge is 0.496 e. The van der Waals surface area contributed by atoms with Crippen molar-refractivity contribution in [3.63, 3.8) is 0 Å². The highest BCUT2D eigenvalue weighted by Crippen LogP contribution is 2.37. The highest BCUT2D eigenvalue weighted by Gasteiger charge is 2.19. The molecule has 1 heterocycles. The molecule has 5 heteroatoms. The van der Waals surface area contributed by atoms with Gasteiger partial charge in [0.25, 0.3) is 0 Å². The van der Waals surface area contributed by atoms with Crippen LogP contribution in [0.5, 0.6) is 5.75 Å². The van der Waals surface area contributed by atoms with E-state index in [2.05, 4.69) is 34.2 Å². The topological polar surface area (TPSA) is 21.3 Å². The first kappa shape index (κ1) is 14.9. The number of benzene rings is 1. The average Bonchev–Trinajstić information content (AvgIpc) is 2.70. The van der Waals surface area contributed by atoms with Gasteiger partial charge in [-0.25, -0.2) is 0 Å². The van der Waals surface area contributed by atoms with Crippen LogP contribution in [0.4, 0.5) is 0 Å². The van der Waals surface area contributed by atoms with E-state index in [0.29, 0.717) is 5.02 Å². The van der Waals surface area contributed by atoms with Gasteiger partial charge < -0.3 is 10.1 Å². The fourth-order valence-corrected chi connectivity index (χ4v) is 3.88. The summed E-state index contributed by atoms with van der Waals surface area (Å²) in [5.74, 6) is 0.839. The molecule has 19 heavy (non-hydrogen) atoms. The Hall–Kier alpha value is -0.550. The first-order valence-electron chi connectivity index (χ1n) is 5.83. The Morgan fingerprint density at radius 3 is 2.63 bits per heavy atom. The van der Waals surface area contributed by atoms with Crippen LogP contribution in [0.25, 0.3) is 0 Å². The average molecular weight is 361 g/mol. The summed E-state index contributed by atoms with van der Waals surface area (Å²) in [4.78, 5) is 2.49. The van der Waals surface area contributed by atoms with Crippen molar-refractivity contribution in [3.05, 3.63) is 49.1 Å². The minimum atomic E-state index is 0.0728. The molecule has 0 aliphatic rings. The van der Waals surface area contributed by atoms with Crippen molar-refractivity contribution >= 4 is 38.9 Å². The fraction of sp³-hybridized carbons (Fsp3) is 0.286. The zero-order valence-corrected chi connectivity index (χ0v) is 14.1. The van der Waals surface area contributed by atoms with Gasteiger partial charge in [-0.3, -0.25) is 0 Å². The van der Waals surface area contributed by atoms with E-state index in [1.54, 1.807) is 18.4 Å². The molecular weight excluding hydrogens is 346 g/mol. The predicted octanol–water partition coefficient (Wildman–Crippen LogP) is 4.79. The zero-order chi connectivity index (χ0) is 14.0. The maximum Gasteiger partial charge on any atom is 0.124 e. The quantitative estimate of drug-likeness (QED) is 0.846. The van der Waals surface area contributed by atoms with Crippen LogP contribution in [0, 0.1) is 6.92 Å². The Morgan fingerprint density at radius 2 is 2.11 bits per heavy atom. The summed E-state index contributed by atoms with van der Waals surface area (Å²) in [6.45, 7) is 2.10. The summed E-state index contributed by atoms with van der Waals surface area (Å²) in [5.41, 5.74) is 1.05. The molecule has 2 aromatic rings. The molecule has 0 radical (unpaired) electrons. The molecule has 2 nitrogen and oxygen atoms in total. The number of aryl methyl sites for hydroxylation is 1. The Kier molecular flexibility index (Phi) is 4.90. The van der Waals surface area contributed by atoms with Gasteiger partial charge in [0.15, 0.2) is 0 Å². The van der Waals surface area contributed by atoms with Crippen LogP contribution >= 0.6 is 38.9 Å². The molecule has 1 aromatic heterocycles. The summed E-state index contributed by atoms with van der Waals surface area (Å²) >= 11 is 11.4. The number of hydrogen-bond acceptors (Lipinski definition) is 3. The fourth-order valence-electron chi connectivity index (χ4n) is 2.01. The highest BCUT2D eigenvalue weighted by molar-refractivity contribution is 9.10. The van der Waals surface area contributed by atoms with Gasteiger partial charge in [0.2, 0.25) is 0 Å². The zero-order valence-electron chi connectivity index (χ0n) is 11.0. The number of nitrogens with one attached hydrogen (secondary N) is 1. The molecule has 1 unspecified atom stereocenters. The third kappa shape index (κ3) is 3.14. The molecule has 1 atom stereocenters. The van der Waals surface area contributed by atoms with Gasteiger partial charge in [-0.15, -0.1) is 11.3 Å². The summed E-state index contributed by atoms with van der Waals surface area (Å²) in [6, 6.07) is 7.90. The number of hydrogen-bond donors (Lipinski definition) is 1. The Labute approximate surface area is 130 Å². The van der Waals surface area contributed by atoms with Crippen molar-refractivity contribution in [2.75, 3.05) is 14.2 Å². The molecule has 0 saturated heterocycles. The predicted molar refractivity (Wildman–Crippen MR) is 85.7 cm³/mol. The van der Waals surface area contributed by atoms with E-state index in [9.17, 15) is 0 Å². The molecule has 0 spiro atoms. The van der Waals surface area contributed by atoms with Gasteiger partial charge in [-0.2, -0.15) is 0 Å². The van der Waals surface area contributed by atoms with Gasteiger partial charge in [-0.05, 0) is 54.2 Å². The maximum absolute atomic E-state index is 6.11. The minimum absolute atomic E-state index is 0.0728. The van der Waals surface area contributed by atoms with Gasteiger partial charge >= 0.3 is 0 Å². The van der Waals surface area contributed by atoms with E-state index in [-0.39, 0.29) is 6.04 Å². The van der Waals surface area contributed by atoms with Crippen molar-refractivity contribution in [3.8, 4) is 5.75 Å². The van der Waals surface area contributed by atoms with Gasteiger partial charge in [0.05, 0.1) is 13.2 Å². The maximum atomic E-state index is 6.11. The lowest BCUT2D eigenvalue weighted by Gasteiger charge is -2.18. The van der Waals surface area contributed by atoms with Gasteiger partial charge in [0.1, 0.15) is 5.75 Å². The van der Waals surface area contributed by atoms with Gasteiger partial charge in [0, 0.05) is 24.8 Å². The van der Waals surface area contributed by atoms with Gasteiger partial charge in [-0.1, -0.05) is 11.6 Å². The first-order valence-corrected chi connectivity index (χ1v) is 7.82. The standard InChI is InChI=1S/C14H15BrClNOS/c1-8-11(15)7-13(19-8)14(17-2)10-6-9(16)4-5-12(10)18-3/h4-7,14,17H,1-3H3. The summed E-state index contributed by atoms with van der Waals surface area (Å²) in [6.07, 6.45) is 0. The third-order valence-electron chi connectivity index (χ3n) is 2.95. The Morgan fingerprint density at radius 1 is 1.37 bits per heavy atom. The second kappa shape index (κ2) is 6.27. The number of methoxy groups -OCH3 is 1. The van der Waals surface area contributed by atoms with Crippen LogP contribution in [0.2, 0.25) is 5.02 Å². The van der Waals surface area contributed by atoms with Crippen LogP contribution in [-0.2, 0) is 0 Å². The SMILES string of the molecule is CNC(c1cc(Br)c(C)s1)c1cc(Cl)ccc1OC. The minimum Gasteiger partial charge on any atom is -0.496 e. The smallest absolute Gasteiger partial charge is 0.124 e. The van der Waals surface area contributed by atoms with Crippen LogP contribution in [0.1, 0.15) is 21.4 Å². The van der Waals surface area contributed by atoms with E-state index in [4.69, 9.17) is 16.3 Å². The van der Waals surface area contributed by atoms with Crippen molar-refractivity contribution in [2.24, 2.45) is 0 Å². The lowest BCUT2D eigenvalue weighted by atomic mass is 10.0. The van der Waals surface area contributed by atoms with Crippen LogP contribution in [0.3, 0.4) is 0 Å². The Bertz CT molecular complexity index is 565. The normalized spacial score (nSPS) is 12.5. The molecule has 0 fully saturated rings. The van der Waals surface area contributed by atoms with E-state index < -0.39 is 0 Å². The molecule has 0 bridgehead atoms. The van der Waals surface area contributed by atoms with E-state index in [0.717, 1.165) is 15.8 Å². The molecule has 102 valence electrons. The van der Waals surface area contributed by atoms with Crippen LogP contribution in [0.15, 0.2) is 28.7 Å². The van der Waals surface area contributed by atoms with E-state index in [1.807, 2.05) is 25.2 Å². The number of halogens is 2. The molecule has 2 rings (SSSR count). The first-order chi connectivity index (χ1) is 9.06. The molecular formula is C14H15BrClNOS. The summed E-state index contributed by atoms with van der Waals surface area (Å²) in [7, 11) is 3.61. The molecule has 0 aliphatic carbocycles. The van der Waals surface area contributed by atoms with Crippen molar-refractivity contribution in [2.45, 2.75) is 13.0 Å². The van der Waals surface area contributed by atoms with E-state index >= 15 is 0 Å². The van der Waals surface area contributed by atoms with Crippen LogP contribution in [-0.4, -0.2) is 14.2 Å². The lowest BCUT2D eigenvalue weighted by Crippen LogP contribution is -2.17. The summed E-state index contributed by atoms with van der Waals surface area (Å²) in [5, 5.41) is 4.04. The number of rotatable bonds is 4. The molecule has 1 aromatic carbocycles. The molecule has 1 N–H and O–H groups in total. The highest BCUT2D eigenvalue weighted by atomic mass is 79.9. The Balaban J connectivity index is 2.50. The second-order valence-electron chi connectivity index (χ2n) is 4.16. The molecule has 0 amide bonds. The van der Waals surface area contributed by atoms with Crippen molar-refractivity contribution < 1.29 is 4.74 Å². The number of ether oxygens (including phenoxy) is 1.